The van der Waals surface area contributed by atoms with E-state index >= 15 is 0 Å². The first kappa shape index (κ1) is 12.1. The minimum absolute atomic E-state index is 0.160. The highest BCUT2D eigenvalue weighted by atomic mass is 16.2. The van der Waals surface area contributed by atoms with E-state index in [0.717, 1.165) is 16.8 Å². The van der Waals surface area contributed by atoms with E-state index in [0.29, 0.717) is 0 Å². The van der Waals surface area contributed by atoms with Gasteiger partial charge in [-0.3, -0.25) is 9.69 Å². The number of allylic oxidation sites excluding steroid dienone is 2. The van der Waals surface area contributed by atoms with E-state index in [9.17, 15) is 10.1 Å². The van der Waals surface area contributed by atoms with Gasteiger partial charge in [0.05, 0.1) is 6.07 Å². The summed E-state index contributed by atoms with van der Waals surface area (Å²) in [7, 11) is 0. The van der Waals surface area contributed by atoms with Crippen molar-refractivity contribution in [3.63, 3.8) is 0 Å². The summed E-state index contributed by atoms with van der Waals surface area (Å²) in [6.07, 6.45) is 5.10. The van der Waals surface area contributed by atoms with E-state index < -0.39 is 6.04 Å². The molecule has 1 atom stereocenters. The Morgan fingerprint density at radius 2 is 2.17 bits per heavy atom. The zero-order chi connectivity index (χ0) is 13.1. The molecule has 90 valence electrons. The molecule has 0 aliphatic carbocycles. The summed E-state index contributed by atoms with van der Waals surface area (Å²) in [6.45, 7) is 3.64. The third kappa shape index (κ3) is 1.93. The van der Waals surface area contributed by atoms with Crippen LogP contribution in [0.5, 0.6) is 0 Å². The molecule has 0 saturated carbocycles. The summed E-state index contributed by atoms with van der Waals surface area (Å²) in [5.74, 6) is -0.160. The van der Waals surface area contributed by atoms with Crippen LogP contribution in [0.1, 0.15) is 31.0 Å². The Bertz CT molecular complexity index is 578. The standard InChI is InChI=1S/C15H14N2O/c1-3-6-15(18)17-11(2)9-12-7-4-5-8-13(12)14(17)10-16/h3-9,14H,1-2H3/b6-3-/t14-/m0/s1. The van der Waals surface area contributed by atoms with Crippen molar-refractivity contribution in [2.24, 2.45) is 0 Å². The molecule has 1 aliphatic rings. The molecule has 0 unspecified atom stereocenters. The molecule has 0 bridgehead atoms. The smallest absolute Gasteiger partial charge is 0.251 e. The molecular formula is C15H14N2O. The number of fused-ring (bicyclic) bond motifs is 1. The molecule has 0 saturated heterocycles. The molecule has 2 rings (SSSR count). The van der Waals surface area contributed by atoms with Gasteiger partial charge in [0.25, 0.3) is 5.91 Å². The third-order valence-corrected chi connectivity index (χ3v) is 2.96. The van der Waals surface area contributed by atoms with Gasteiger partial charge >= 0.3 is 0 Å². The van der Waals surface area contributed by atoms with Crippen LogP contribution in [0.25, 0.3) is 6.08 Å². The number of hydrogen-bond acceptors (Lipinski definition) is 2. The van der Waals surface area contributed by atoms with Gasteiger partial charge in [-0.2, -0.15) is 5.26 Å². The minimum atomic E-state index is -0.546. The number of nitrogens with zero attached hydrogens (tertiary/aromatic N) is 2. The Balaban J connectivity index is 2.53. The van der Waals surface area contributed by atoms with Crippen LogP contribution < -0.4 is 0 Å². The van der Waals surface area contributed by atoms with Crippen LogP contribution in [0, 0.1) is 11.3 Å². The first-order valence-electron chi connectivity index (χ1n) is 5.81. The van der Waals surface area contributed by atoms with Gasteiger partial charge in [0.15, 0.2) is 0 Å². The van der Waals surface area contributed by atoms with Gasteiger partial charge in [-0.05, 0) is 37.1 Å². The second kappa shape index (κ2) is 4.89. The maximum absolute atomic E-state index is 12.0. The summed E-state index contributed by atoms with van der Waals surface area (Å²) in [5, 5.41) is 9.35. The number of benzene rings is 1. The predicted molar refractivity (Wildman–Crippen MR) is 70.1 cm³/mol. The zero-order valence-electron chi connectivity index (χ0n) is 10.4. The number of hydrogen-bond donors (Lipinski definition) is 0. The van der Waals surface area contributed by atoms with E-state index in [1.807, 2.05) is 37.3 Å². The van der Waals surface area contributed by atoms with E-state index in [-0.39, 0.29) is 5.91 Å². The summed E-state index contributed by atoms with van der Waals surface area (Å²) in [6, 6.07) is 9.33. The molecule has 1 aromatic rings. The number of carbonyl (C=O) groups is 1. The Labute approximate surface area is 107 Å². The van der Waals surface area contributed by atoms with Crippen LogP contribution in [-0.2, 0) is 4.79 Å². The quantitative estimate of drug-likeness (QED) is 0.706. The zero-order valence-corrected chi connectivity index (χ0v) is 10.4. The maximum Gasteiger partial charge on any atom is 0.251 e. The fourth-order valence-corrected chi connectivity index (χ4v) is 2.18. The first-order valence-corrected chi connectivity index (χ1v) is 5.81. The fourth-order valence-electron chi connectivity index (χ4n) is 2.18. The van der Waals surface area contributed by atoms with Gasteiger partial charge in [0.1, 0.15) is 6.04 Å². The van der Waals surface area contributed by atoms with Gasteiger partial charge in [0.2, 0.25) is 0 Å². The van der Waals surface area contributed by atoms with Crippen LogP contribution in [0.3, 0.4) is 0 Å². The SMILES string of the molecule is C/C=C\C(=O)N1C(C)=Cc2ccccc2[C@@H]1C#N. The molecule has 1 aromatic carbocycles. The maximum atomic E-state index is 12.0. The van der Waals surface area contributed by atoms with Crippen molar-refractivity contribution in [3.8, 4) is 6.07 Å². The van der Waals surface area contributed by atoms with Gasteiger partial charge in [-0.15, -0.1) is 0 Å². The Hall–Kier alpha value is -2.34. The molecule has 3 nitrogen and oxygen atoms in total. The van der Waals surface area contributed by atoms with Crippen molar-refractivity contribution in [1.82, 2.24) is 4.90 Å². The summed E-state index contributed by atoms with van der Waals surface area (Å²) in [5.41, 5.74) is 2.68. The molecule has 0 spiro atoms. The molecule has 1 amide bonds. The van der Waals surface area contributed by atoms with Crippen molar-refractivity contribution in [3.05, 3.63) is 53.2 Å². The lowest BCUT2D eigenvalue weighted by Gasteiger charge is -2.32. The summed E-state index contributed by atoms with van der Waals surface area (Å²) in [4.78, 5) is 13.6. The molecule has 0 radical (unpaired) electrons. The molecule has 1 heterocycles. The molecular weight excluding hydrogens is 224 g/mol. The van der Waals surface area contributed by atoms with Crippen LogP contribution in [-0.4, -0.2) is 10.8 Å². The number of amides is 1. The lowest BCUT2D eigenvalue weighted by molar-refractivity contribution is -0.125. The number of nitriles is 1. The molecule has 18 heavy (non-hydrogen) atoms. The topological polar surface area (TPSA) is 44.1 Å². The van der Waals surface area contributed by atoms with Crippen LogP contribution in [0.2, 0.25) is 0 Å². The van der Waals surface area contributed by atoms with Gasteiger partial charge in [0, 0.05) is 5.70 Å². The van der Waals surface area contributed by atoms with Crippen molar-refractivity contribution in [2.45, 2.75) is 19.9 Å². The van der Waals surface area contributed by atoms with Crippen molar-refractivity contribution < 1.29 is 4.79 Å². The van der Waals surface area contributed by atoms with Crippen molar-refractivity contribution in [1.29, 1.82) is 5.26 Å². The van der Waals surface area contributed by atoms with Crippen molar-refractivity contribution in [2.75, 3.05) is 0 Å². The molecule has 1 aliphatic heterocycles. The van der Waals surface area contributed by atoms with Crippen molar-refractivity contribution >= 4 is 12.0 Å². The van der Waals surface area contributed by atoms with E-state index in [1.54, 1.807) is 13.0 Å². The molecule has 0 fully saturated rings. The molecule has 3 heteroatoms. The van der Waals surface area contributed by atoms with Crippen LogP contribution in [0.15, 0.2) is 42.1 Å². The van der Waals surface area contributed by atoms with Gasteiger partial charge < -0.3 is 0 Å². The van der Waals surface area contributed by atoms with E-state index in [2.05, 4.69) is 6.07 Å². The predicted octanol–water partition coefficient (Wildman–Crippen LogP) is 3.03. The van der Waals surface area contributed by atoms with E-state index in [1.165, 1.54) is 11.0 Å². The Morgan fingerprint density at radius 1 is 1.44 bits per heavy atom. The average Bonchev–Trinajstić information content (AvgIpc) is 2.37. The van der Waals surface area contributed by atoms with E-state index in [4.69, 9.17) is 0 Å². The molecule has 0 N–H and O–H groups in total. The highest BCUT2D eigenvalue weighted by Crippen LogP contribution is 2.33. The Kier molecular flexibility index (Phi) is 3.29. The molecule has 0 aromatic heterocycles. The second-order valence-electron chi connectivity index (χ2n) is 4.15. The summed E-state index contributed by atoms with van der Waals surface area (Å²) >= 11 is 0. The van der Waals surface area contributed by atoms with Gasteiger partial charge in [-0.25, -0.2) is 0 Å². The monoisotopic (exact) mass is 238 g/mol. The normalized spacial score (nSPS) is 18.2. The highest BCUT2D eigenvalue weighted by molar-refractivity contribution is 5.91. The second-order valence-corrected chi connectivity index (χ2v) is 4.15. The fraction of sp³-hybridized carbons (Fsp3) is 0.200. The van der Waals surface area contributed by atoms with Crippen LogP contribution in [0.4, 0.5) is 0 Å². The minimum Gasteiger partial charge on any atom is -0.292 e. The summed E-state index contributed by atoms with van der Waals surface area (Å²) < 4.78 is 0. The largest absolute Gasteiger partial charge is 0.292 e. The number of rotatable bonds is 1. The lowest BCUT2D eigenvalue weighted by Crippen LogP contribution is -2.33. The van der Waals surface area contributed by atoms with Crippen LogP contribution >= 0.6 is 0 Å². The van der Waals surface area contributed by atoms with Gasteiger partial charge in [-0.1, -0.05) is 30.3 Å². The number of carbonyl (C=O) groups excluding carboxylic acids is 1. The lowest BCUT2D eigenvalue weighted by atomic mass is 9.95. The average molecular weight is 238 g/mol. The Morgan fingerprint density at radius 3 is 2.83 bits per heavy atom. The third-order valence-electron chi connectivity index (χ3n) is 2.96. The highest BCUT2D eigenvalue weighted by Gasteiger charge is 2.29. The first-order chi connectivity index (χ1) is 8.69.